The summed E-state index contributed by atoms with van der Waals surface area (Å²) in [6.07, 6.45) is 0.367. The van der Waals surface area contributed by atoms with Crippen LogP contribution in [0.3, 0.4) is 0 Å². The lowest BCUT2D eigenvalue weighted by Crippen LogP contribution is -2.53. The summed E-state index contributed by atoms with van der Waals surface area (Å²) in [5.74, 6) is -0.934. The van der Waals surface area contributed by atoms with Crippen LogP contribution >= 0.6 is 0 Å². The van der Waals surface area contributed by atoms with Gasteiger partial charge in [-0.3, -0.25) is 4.79 Å². The molecule has 18 heavy (non-hydrogen) atoms. The first-order valence-corrected chi connectivity index (χ1v) is 7.60. The molecule has 2 N–H and O–H groups in total. The number of sulfone groups is 1. The fourth-order valence-electron chi connectivity index (χ4n) is 1.84. The molecular formula is C10H18N2O5S. The molecule has 1 saturated heterocycles. The standard InChI is InChI=1S/C10H18N2O5S/c1-8-7-18(16,17)6-5-12(8)10(15)11-4-2-3-9(13)14/h8H,2-7H2,1H3,(H,11,15)(H,13,14). The molecule has 104 valence electrons. The molecule has 2 amide bonds. The van der Waals surface area contributed by atoms with Crippen molar-refractivity contribution in [3.8, 4) is 0 Å². The second kappa shape index (κ2) is 6.03. The number of carbonyl (C=O) groups is 2. The maximum Gasteiger partial charge on any atom is 0.317 e. The van der Waals surface area contributed by atoms with E-state index in [9.17, 15) is 18.0 Å². The molecule has 0 spiro atoms. The SMILES string of the molecule is CC1CS(=O)(=O)CCN1C(=O)NCCCC(=O)O. The van der Waals surface area contributed by atoms with E-state index < -0.39 is 15.8 Å². The average Bonchev–Trinajstić information content (AvgIpc) is 2.22. The fraction of sp³-hybridized carbons (Fsp3) is 0.800. The topological polar surface area (TPSA) is 104 Å². The molecule has 1 fully saturated rings. The highest BCUT2D eigenvalue weighted by molar-refractivity contribution is 7.91. The third-order valence-corrected chi connectivity index (χ3v) is 4.57. The van der Waals surface area contributed by atoms with Crippen molar-refractivity contribution in [2.75, 3.05) is 24.6 Å². The van der Waals surface area contributed by atoms with Crippen LogP contribution < -0.4 is 5.32 Å². The summed E-state index contributed by atoms with van der Waals surface area (Å²) >= 11 is 0. The van der Waals surface area contributed by atoms with Crippen LogP contribution in [0.1, 0.15) is 19.8 Å². The summed E-state index contributed by atoms with van der Waals surface area (Å²) in [4.78, 5) is 23.5. The van der Waals surface area contributed by atoms with Crippen molar-refractivity contribution < 1.29 is 23.1 Å². The lowest BCUT2D eigenvalue weighted by Gasteiger charge is -2.33. The van der Waals surface area contributed by atoms with E-state index in [1.165, 1.54) is 4.90 Å². The zero-order valence-corrected chi connectivity index (χ0v) is 11.1. The molecule has 0 aliphatic carbocycles. The molecule has 0 radical (unpaired) electrons. The number of carbonyl (C=O) groups excluding carboxylic acids is 1. The molecule has 1 aliphatic rings. The van der Waals surface area contributed by atoms with Crippen molar-refractivity contribution in [3.63, 3.8) is 0 Å². The Labute approximate surface area is 106 Å². The Kier molecular flexibility index (Phi) is 4.94. The highest BCUT2D eigenvalue weighted by Gasteiger charge is 2.30. The van der Waals surface area contributed by atoms with Crippen molar-refractivity contribution in [1.29, 1.82) is 0 Å². The highest BCUT2D eigenvalue weighted by Crippen LogP contribution is 2.11. The quantitative estimate of drug-likeness (QED) is 0.686. The number of hydrogen-bond acceptors (Lipinski definition) is 4. The van der Waals surface area contributed by atoms with Gasteiger partial charge in [0.25, 0.3) is 0 Å². The average molecular weight is 278 g/mol. The molecule has 8 heteroatoms. The number of carboxylic acids is 1. The van der Waals surface area contributed by atoms with Crippen LogP contribution in [-0.2, 0) is 14.6 Å². The molecular weight excluding hydrogens is 260 g/mol. The Morgan fingerprint density at radius 1 is 1.44 bits per heavy atom. The molecule has 1 heterocycles. The number of carboxylic acid groups (broad SMARTS) is 1. The summed E-state index contributed by atoms with van der Waals surface area (Å²) < 4.78 is 22.7. The molecule has 0 aromatic carbocycles. The van der Waals surface area contributed by atoms with E-state index in [4.69, 9.17) is 5.11 Å². The number of rotatable bonds is 4. The van der Waals surface area contributed by atoms with Gasteiger partial charge < -0.3 is 15.3 Å². The predicted octanol–water partition coefficient (Wildman–Crippen LogP) is -0.320. The molecule has 0 saturated carbocycles. The van der Waals surface area contributed by atoms with Gasteiger partial charge in [0.2, 0.25) is 0 Å². The van der Waals surface area contributed by atoms with E-state index >= 15 is 0 Å². The monoisotopic (exact) mass is 278 g/mol. The van der Waals surface area contributed by atoms with E-state index in [0.717, 1.165) is 0 Å². The number of urea groups is 1. The number of nitrogens with zero attached hydrogens (tertiary/aromatic N) is 1. The Hall–Kier alpha value is -1.31. The zero-order valence-electron chi connectivity index (χ0n) is 10.3. The van der Waals surface area contributed by atoms with Gasteiger partial charge in [-0.05, 0) is 13.3 Å². The molecule has 1 atom stereocenters. The van der Waals surface area contributed by atoms with Crippen molar-refractivity contribution >= 4 is 21.8 Å². The van der Waals surface area contributed by atoms with Gasteiger partial charge in [-0.25, -0.2) is 13.2 Å². The smallest absolute Gasteiger partial charge is 0.317 e. The van der Waals surface area contributed by atoms with Crippen LogP contribution in [0.4, 0.5) is 4.79 Å². The first-order chi connectivity index (χ1) is 8.32. The zero-order chi connectivity index (χ0) is 13.8. The number of nitrogens with one attached hydrogen (secondary N) is 1. The van der Waals surface area contributed by atoms with E-state index in [0.29, 0.717) is 6.42 Å². The van der Waals surface area contributed by atoms with E-state index in [-0.39, 0.29) is 43.1 Å². The lowest BCUT2D eigenvalue weighted by atomic mass is 10.3. The first-order valence-electron chi connectivity index (χ1n) is 5.78. The van der Waals surface area contributed by atoms with Crippen LogP contribution in [-0.4, -0.2) is 61.1 Å². The molecule has 1 aliphatic heterocycles. The predicted molar refractivity (Wildman–Crippen MR) is 65.1 cm³/mol. The number of aliphatic carboxylic acids is 1. The molecule has 0 aromatic rings. The Morgan fingerprint density at radius 2 is 2.11 bits per heavy atom. The molecule has 1 unspecified atom stereocenters. The summed E-state index contributed by atoms with van der Waals surface area (Å²) in [5, 5.41) is 11.0. The first kappa shape index (κ1) is 14.7. The third-order valence-electron chi connectivity index (χ3n) is 2.77. The van der Waals surface area contributed by atoms with Crippen molar-refractivity contribution in [2.45, 2.75) is 25.8 Å². The minimum atomic E-state index is -3.03. The number of amides is 2. The van der Waals surface area contributed by atoms with Crippen LogP contribution in [0, 0.1) is 0 Å². The molecule has 7 nitrogen and oxygen atoms in total. The lowest BCUT2D eigenvalue weighted by molar-refractivity contribution is -0.137. The Bertz CT molecular complexity index is 420. The second-order valence-electron chi connectivity index (χ2n) is 4.39. The van der Waals surface area contributed by atoms with Gasteiger partial charge in [-0.2, -0.15) is 0 Å². The van der Waals surface area contributed by atoms with Gasteiger partial charge in [0.1, 0.15) is 0 Å². The van der Waals surface area contributed by atoms with Gasteiger partial charge in [-0.1, -0.05) is 0 Å². The molecule has 0 aromatic heterocycles. The van der Waals surface area contributed by atoms with Crippen molar-refractivity contribution in [1.82, 2.24) is 10.2 Å². The number of hydrogen-bond donors (Lipinski definition) is 2. The largest absolute Gasteiger partial charge is 0.481 e. The van der Waals surface area contributed by atoms with Crippen LogP contribution in [0.25, 0.3) is 0 Å². The van der Waals surface area contributed by atoms with E-state index in [2.05, 4.69) is 5.32 Å². The minimum absolute atomic E-state index is 0.00418. The molecule has 1 rings (SSSR count). The maximum atomic E-state index is 11.7. The van der Waals surface area contributed by atoms with E-state index in [1.807, 2.05) is 0 Å². The van der Waals surface area contributed by atoms with Crippen LogP contribution in [0.15, 0.2) is 0 Å². The summed E-state index contributed by atoms with van der Waals surface area (Å²) in [6.45, 7) is 2.16. The molecule has 0 bridgehead atoms. The van der Waals surface area contributed by atoms with Gasteiger partial charge in [0.05, 0.1) is 11.5 Å². The van der Waals surface area contributed by atoms with Crippen molar-refractivity contribution in [3.05, 3.63) is 0 Å². The summed E-state index contributed by atoms with van der Waals surface area (Å²) in [5.41, 5.74) is 0. The van der Waals surface area contributed by atoms with Gasteiger partial charge in [-0.15, -0.1) is 0 Å². The second-order valence-corrected chi connectivity index (χ2v) is 6.61. The fourth-order valence-corrected chi connectivity index (χ4v) is 3.39. The summed E-state index contributed by atoms with van der Waals surface area (Å²) in [6, 6.07) is -0.675. The third kappa shape index (κ3) is 4.52. The highest BCUT2D eigenvalue weighted by atomic mass is 32.2. The Balaban J connectivity index is 2.36. The normalized spacial score (nSPS) is 22.5. The Morgan fingerprint density at radius 3 is 2.67 bits per heavy atom. The van der Waals surface area contributed by atoms with Crippen molar-refractivity contribution in [2.24, 2.45) is 0 Å². The maximum absolute atomic E-state index is 11.7. The van der Waals surface area contributed by atoms with E-state index in [1.54, 1.807) is 6.92 Å². The van der Waals surface area contributed by atoms with Gasteiger partial charge >= 0.3 is 12.0 Å². The summed E-state index contributed by atoms with van der Waals surface area (Å²) in [7, 11) is -3.03. The van der Waals surface area contributed by atoms with Gasteiger partial charge in [0.15, 0.2) is 9.84 Å². The van der Waals surface area contributed by atoms with Gasteiger partial charge in [0, 0.05) is 25.6 Å². The van der Waals surface area contributed by atoms with Crippen LogP contribution in [0.5, 0.6) is 0 Å². The van der Waals surface area contributed by atoms with Crippen LogP contribution in [0.2, 0.25) is 0 Å². The minimum Gasteiger partial charge on any atom is -0.481 e.